The maximum atomic E-state index is 12.1. The number of hydrogen-bond acceptors (Lipinski definition) is 4. The lowest BCUT2D eigenvalue weighted by Gasteiger charge is -2.32. The third kappa shape index (κ3) is 5.19. The summed E-state index contributed by atoms with van der Waals surface area (Å²) in [6.45, 7) is 11.4. The molecule has 0 bridgehead atoms. The first-order valence-corrected chi connectivity index (χ1v) is 9.18. The molecule has 0 aromatic heterocycles. The number of halogens is 1. The van der Waals surface area contributed by atoms with Gasteiger partial charge in [-0.3, -0.25) is 4.39 Å². The van der Waals surface area contributed by atoms with Gasteiger partial charge >= 0.3 is 7.12 Å². The zero-order valence-electron chi connectivity index (χ0n) is 16.1. The third-order valence-electron chi connectivity index (χ3n) is 5.02. The van der Waals surface area contributed by atoms with Crippen molar-refractivity contribution >= 4 is 12.6 Å². The van der Waals surface area contributed by atoms with E-state index in [1.54, 1.807) is 0 Å². The summed E-state index contributed by atoms with van der Waals surface area (Å²) in [6.07, 6.45) is 1.50. The molecule has 2 rings (SSSR count). The predicted molar refractivity (Wildman–Crippen MR) is 100 cm³/mol. The van der Waals surface area contributed by atoms with Crippen LogP contribution >= 0.6 is 0 Å². The fourth-order valence-electron chi connectivity index (χ4n) is 2.60. The molecular formula is C19H31BFNO3. The number of alkyl halides is 1. The van der Waals surface area contributed by atoms with Crippen LogP contribution < -0.4 is 15.5 Å². The molecule has 1 N–H and O–H groups in total. The molecule has 1 heterocycles. The minimum absolute atomic E-state index is 0.0716. The lowest BCUT2D eigenvalue weighted by Crippen LogP contribution is -2.41. The average molecular weight is 351 g/mol. The van der Waals surface area contributed by atoms with E-state index in [2.05, 4.69) is 12.2 Å². The van der Waals surface area contributed by atoms with Crippen LogP contribution in [-0.2, 0) is 9.31 Å². The lowest BCUT2D eigenvalue weighted by atomic mass is 9.79. The van der Waals surface area contributed by atoms with Crippen molar-refractivity contribution in [3.63, 3.8) is 0 Å². The van der Waals surface area contributed by atoms with Crippen LogP contribution in [0.2, 0.25) is 0 Å². The summed E-state index contributed by atoms with van der Waals surface area (Å²) in [7, 11) is -0.358. The quantitative estimate of drug-likeness (QED) is 0.548. The van der Waals surface area contributed by atoms with Crippen molar-refractivity contribution in [2.24, 2.45) is 0 Å². The van der Waals surface area contributed by atoms with E-state index in [0.717, 1.165) is 24.2 Å². The zero-order valence-corrected chi connectivity index (χ0v) is 16.1. The SMILES string of the molecule is CCC(CNCCCF)Oc1ccc(B2OC(C)(C)C(C)(C)O2)cc1. The van der Waals surface area contributed by atoms with E-state index in [1.165, 1.54) is 0 Å². The first-order valence-electron chi connectivity index (χ1n) is 9.18. The molecule has 0 aliphatic carbocycles. The number of benzene rings is 1. The van der Waals surface area contributed by atoms with E-state index < -0.39 is 0 Å². The molecule has 1 aliphatic heterocycles. The Hall–Kier alpha value is -1.11. The Morgan fingerprint density at radius 2 is 1.72 bits per heavy atom. The molecule has 1 saturated heterocycles. The van der Waals surface area contributed by atoms with Crippen LogP contribution in [0, 0.1) is 0 Å². The molecule has 1 aromatic rings. The number of ether oxygens (including phenoxy) is 1. The first kappa shape index (κ1) is 20.2. The maximum absolute atomic E-state index is 12.1. The first-order chi connectivity index (χ1) is 11.8. The van der Waals surface area contributed by atoms with Crippen LogP contribution in [0.3, 0.4) is 0 Å². The number of nitrogens with one attached hydrogen (secondary N) is 1. The lowest BCUT2D eigenvalue weighted by molar-refractivity contribution is 0.00578. The van der Waals surface area contributed by atoms with Crippen molar-refractivity contribution in [1.82, 2.24) is 5.32 Å². The molecule has 4 nitrogen and oxygen atoms in total. The van der Waals surface area contributed by atoms with E-state index in [4.69, 9.17) is 14.0 Å². The van der Waals surface area contributed by atoms with Gasteiger partial charge in [-0.2, -0.15) is 0 Å². The Morgan fingerprint density at radius 1 is 1.12 bits per heavy atom. The highest BCUT2D eigenvalue weighted by atomic mass is 19.1. The molecule has 0 saturated carbocycles. The second-order valence-corrected chi connectivity index (χ2v) is 7.55. The normalized spacial score (nSPS) is 19.8. The molecule has 0 radical (unpaired) electrons. The van der Waals surface area contributed by atoms with Crippen molar-refractivity contribution in [2.45, 2.75) is 64.8 Å². The summed E-state index contributed by atoms with van der Waals surface area (Å²) >= 11 is 0. The van der Waals surface area contributed by atoms with E-state index >= 15 is 0 Å². The Bertz CT molecular complexity index is 520. The fourth-order valence-corrected chi connectivity index (χ4v) is 2.60. The monoisotopic (exact) mass is 351 g/mol. The minimum Gasteiger partial charge on any atom is -0.489 e. The molecule has 1 aliphatic rings. The smallest absolute Gasteiger partial charge is 0.489 e. The molecule has 1 aromatic carbocycles. The van der Waals surface area contributed by atoms with Crippen LogP contribution in [0.5, 0.6) is 5.75 Å². The van der Waals surface area contributed by atoms with E-state index in [0.29, 0.717) is 13.0 Å². The third-order valence-corrected chi connectivity index (χ3v) is 5.02. The molecule has 140 valence electrons. The zero-order chi connectivity index (χ0) is 18.5. The van der Waals surface area contributed by atoms with E-state index in [-0.39, 0.29) is 31.1 Å². The predicted octanol–water partition coefficient (Wildman–Crippen LogP) is 3.09. The van der Waals surface area contributed by atoms with Gasteiger partial charge in [-0.05, 0) is 64.7 Å². The van der Waals surface area contributed by atoms with Crippen molar-refractivity contribution in [3.05, 3.63) is 24.3 Å². The van der Waals surface area contributed by atoms with E-state index in [1.807, 2.05) is 52.0 Å². The molecule has 1 atom stereocenters. The minimum atomic E-state index is -0.358. The Morgan fingerprint density at radius 3 is 2.24 bits per heavy atom. The van der Waals surface area contributed by atoms with Gasteiger partial charge in [-0.1, -0.05) is 19.1 Å². The van der Waals surface area contributed by atoms with Gasteiger partial charge in [0.15, 0.2) is 0 Å². The van der Waals surface area contributed by atoms with Crippen LogP contribution in [0.1, 0.15) is 47.5 Å². The second-order valence-electron chi connectivity index (χ2n) is 7.55. The summed E-state index contributed by atoms with van der Waals surface area (Å²) in [5.74, 6) is 0.819. The summed E-state index contributed by atoms with van der Waals surface area (Å²) in [5.41, 5.74) is 0.303. The molecule has 0 amide bonds. The standard InChI is InChI=1S/C19H31BFNO3/c1-6-16(14-22-13-7-12-21)23-17-10-8-15(9-11-17)20-24-18(2,3)19(4,5)25-20/h8-11,16,22H,6-7,12-14H2,1-5H3. The van der Waals surface area contributed by atoms with Crippen LogP contribution in [0.15, 0.2) is 24.3 Å². The van der Waals surface area contributed by atoms with Crippen molar-refractivity contribution < 1.29 is 18.4 Å². The Labute approximate surface area is 151 Å². The maximum Gasteiger partial charge on any atom is 0.494 e. The molecule has 6 heteroatoms. The summed E-state index contributed by atoms with van der Waals surface area (Å²) in [5, 5.41) is 3.23. The molecular weight excluding hydrogens is 320 g/mol. The molecule has 1 unspecified atom stereocenters. The van der Waals surface area contributed by atoms with Crippen molar-refractivity contribution in [1.29, 1.82) is 0 Å². The highest BCUT2D eigenvalue weighted by Crippen LogP contribution is 2.36. The largest absolute Gasteiger partial charge is 0.494 e. The van der Waals surface area contributed by atoms with Crippen LogP contribution in [0.25, 0.3) is 0 Å². The second kappa shape index (κ2) is 8.52. The van der Waals surface area contributed by atoms with Gasteiger partial charge in [0.2, 0.25) is 0 Å². The van der Waals surface area contributed by atoms with Crippen molar-refractivity contribution in [2.75, 3.05) is 19.8 Å². The van der Waals surface area contributed by atoms with Crippen molar-refractivity contribution in [3.8, 4) is 5.75 Å². The summed E-state index contributed by atoms with van der Waals surface area (Å²) < 4.78 is 30.3. The fraction of sp³-hybridized carbons (Fsp3) is 0.684. The Kier molecular flexibility index (Phi) is 6.89. The topological polar surface area (TPSA) is 39.7 Å². The van der Waals surface area contributed by atoms with E-state index in [9.17, 15) is 4.39 Å². The van der Waals surface area contributed by atoms with Gasteiger partial charge in [0.05, 0.1) is 17.9 Å². The van der Waals surface area contributed by atoms with Gasteiger partial charge in [-0.25, -0.2) is 0 Å². The van der Waals surface area contributed by atoms with Gasteiger partial charge in [0, 0.05) is 6.54 Å². The molecule has 0 spiro atoms. The highest BCUT2D eigenvalue weighted by molar-refractivity contribution is 6.62. The highest BCUT2D eigenvalue weighted by Gasteiger charge is 2.51. The van der Waals surface area contributed by atoms with Gasteiger partial charge in [0.25, 0.3) is 0 Å². The van der Waals surface area contributed by atoms with Gasteiger partial charge in [-0.15, -0.1) is 0 Å². The summed E-state index contributed by atoms with van der Waals surface area (Å²) in [4.78, 5) is 0. The van der Waals surface area contributed by atoms with Gasteiger partial charge in [0.1, 0.15) is 11.9 Å². The molecule has 25 heavy (non-hydrogen) atoms. The van der Waals surface area contributed by atoms with Crippen LogP contribution in [-0.4, -0.2) is 44.2 Å². The summed E-state index contributed by atoms with van der Waals surface area (Å²) in [6, 6.07) is 7.87. The van der Waals surface area contributed by atoms with Gasteiger partial charge < -0.3 is 19.4 Å². The molecule has 1 fully saturated rings. The number of hydrogen-bond donors (Lipinski definition) is 1. The average Bonchev–Trinajstić information content (AvgIpc) is 2.79. The number of rotatable bonds is 9. The van der Waals surface area contributed by atoms with Crippen LogP contribution in [0.4, 0.5) is 4.39 Å². The Balaban J connectivity index is 1.91.